The number of ether oxygens (including phenoxy) is 2. The maximum Gasteiger partial charge on any atom is 0.347 e. The highest BCUT2D eigenvalue weighted by Crippen LogP contribution is 2.62. The molecule has 3 aliphatic rings. The van der Waals surface area contributed by atoms with Crippen molar-refractivity contribution in [3.05, 3.63) is 156 Å². The quantitative estimate of drug-likeness (QED) is 0.159. The van der Waals surface area contributed by atoms with Crippen LogP contribution in [0.1, 0.15) is 46.3 Å². The molecule has 0 spiro atoms. The number of hydrogen-bond acceptors (Lipinski definition) is 10. The van der Waals surface area contributed by atoms with Crippen molar-refractivity contribution in [1.82, 2.24) is 28.5 Å². The van der Waals surface area contributed by atoms with Crippen molar-refractivity contribution in [3.63, 3.8) is 0 Å². The molecule has 2 aromatic heterocycles. The molecule has 4 heterocycles. The van der Waals surface area contributed by atoms with Gasteiger partial charge in [-0.15, -0.1) is 0 Å². The standard InChI is InChI=1S/C45H43N7O8/c1-25-14-16-28(17-15-25)47-51-40(54)31-22-34-29(38(30-13-9-10-26(2)39(30)53)45(31,42(51)56)27-11-7-6-8-12-27)18-21-50-43(57)49(44(58)52(34)50)20-19-32-41(55)48(3)35-24-37(60-5)36(59-4)23-33(35)46-32/h6-18,23-24,31,34,38,47,53H,19-22H2,1-5H3. The maximum absolute atomic E-state index is 15.3. The summed E-state index contributed by atoms with van der Waals surface area (Å²) >= 11 is 0. The highest BCUT2D eigenvalue weighted by molar-refractivity contribution is 6.12. The van der Waals surface area contributed by atoms with Crippen LogP contribution in [-0.4, -0.2) is 59.6 Å². The molecular formula is C45H43N7O8. The lowest BCUT2D eigenvalue weighted by molar-refractivity contribution is -0.138. The number of phenolic OH excluding ortho intramolecular Hbond substituents is 1. The predicted molar refractivity (Wildman–Crippen MR) is 222 cm³/mol. The summed E-state index contributed by atoms with van der Waals surface area (Å²) < 4.78 is 16.1. The van der Waals surface area contributed by atoms with Crippen LogP contribution in [0, 0.1) is 19.8 Å². The molecule has 4 aromatic carbocycles. The van der Waals surface area contributed by atoms with Gasteiger partial charge in [0.05, 0.1) is 54.9 Å². The number of phenols is 1. The number of rotatable bonds is 9. The highest BCUT2D eigenvalue weighted by atomic mass is 16.5. The fourth-order valence-corrected chi connectivity index (χ4v) is 9.60. The number of allylic oxidation sites excluding steroid dienone is 2. The Morgan fingerprint density at radius 3 is 2.32 bits per heavy atom. The van der Waals surface area contributed by atoms with E-state index in [0.717, 1.165) is 15.1 Å². The number of anilines is 1. The van der Waals surface area contributed by atoms with E-state index in [0.29, 0.717) is 50.5 Å². The molecule has 6 aromatic rings. The first-order chi connectivity index (χ1) is 28.9. The molecule has 2 amide bonds. The summed E-state index contributed by atoms with van der Waals surface area (Å²) in [4.78, 5) is 77.2. The van der Waals surface area contributed by atoms with Gasteiger partial charge in [0.1, 0.15) is 11.4 Å². The Morgan fingerprint density at radius 2 is 1.60 bits per heavy atom. The first-order valence-electron chi connectivity index (χ1n) is 19.7. The van der Waals surface area contributed by atoms with Crippen LogP contribution < -0.4 is 31.8 Å². The second kappa shape index (κ2) is 14.3. The van der Waals surface area contributed by atoms with E-state index in [1.54, 1.807) is 56.4 Å². The Hall–Kier alpha value is -7.16. The highest BCUT2D eigenvalue weighted by Gasteiger charge is 2.69. The number of hydrazine groups is 1. The van der Waals surface area contributed by atoms with Crippen molar-refractivity contribution in [2.75, 3.05) is 19.6 Å². The van der Waals surface area contributed by atoms with Gasteiger partial charge in [-0.2, -0.15) is 5.01 Å². The Labute approximate surface area is 343 Å². The van der Waals surface area contributed by atoms with Crippen molar-refractivity contribution in [2.24, 2.45) is 13.0 Å². The van der Waals surface area contributed by atoms with Crippen LogP contribution in [-0.2, 0) is 41.6 Å². The molecule has 0 bridgehead atoms. The smallest absolute Gasteiger partial charge is 0.347 e. The van der Waals surface area contributed by atoms with E-state index in [1.807, 2.05) is 55.5 Å². The molecule has 306 valence electrons. The van der Waals surface area contributed by atoms with Crippen LogP contribution in [0.4, 0.5) is 5.69 Å². The second-order valence-electron chi connectivity index (χ2n) is 15.7. The monoisotopic (exact) mass is 809 g/mol. The zero-order chi connectivity index (χ0) is 42.2. The third-order valence-electron chi connectivity index (χ3n) is 12.5. The van der Waals surface area contributed by atoms with Gasteiger partial charge >= 0.3 is 11.4 Å². The average molecular weight is 810 g/mol. The van der Waals surface area contributed by atoms with Crippen LogP contribution in [0.5, 0.6) is 17.2 Å². The van der Waals surface area contributed by atoms with Gasteiger partial charge in [-0.1, -0.05) is 72.3 Å². The van der Waals surface area contributed by atoms with Crippen LogP contribution in [0.3, 0.4) is 0 Å². The SMILES string of the molecule is COc1cc2nc(CCn3c(=O)n4n(c3=O)C3CC5C(=O)N(Nc6ccc(C)cc6)C(=O)C5(c5ccccc5)C(c5cccc(C)c5O)C3=CC4)c(=O)n(C)c2cc1OC. The molecule has 15 heteroatoms. The second-order valence-corrected chi connectivity index (χ2v) is 15.7. The van der Waals surface area contributed by atoms with Crippen molar-refractivity contribution in [3.8, 4) is 17.2 Å². The van der Waals surface area contributed by atoms with Crippen LogP contribution in [0.2, 0.25) is 0 Å². The lowest BCUT2D eigenvalue weighted by Gasteiger charge is -2.49. The van der Waals surface area contributed by atoms with Gasteiger partial charge in [0.2, 0.25) is 0 Å². The molecule has 4 atom stereocenters. The zero-order valence-corrected chi connectivity index (χ0v) is 33.7. The molecule has 1 saturated heterocycles. The number of imide groups is 1. The summed E-state index contributed by atoms with van der Waals surface area (Å²) in [6.45, 7) is 3.53. The molecule has 60 heavy (non-hydrogen) atoms. The minimum absolute atomic E-state index is 0.00187. The van der Waals surface area contributed by atoms with Gasteiger partial charge in [0, 0.05) is 43.6 Å². The number of para-hydroxylation sites is 1. The van der Waals surface area contributed by atoms with E-state index >= 15 is 4.79 Å². The van der Waals surface area contributed by atoms with Gasteiger partial charge in [-0.05, 0) is 49.1 Å². The third-order valence-corrected chi connectivity index (χ3v) is 12.5. The number of fused-ring (bicyclic) bond motifs is 5. The first-order valence-corrected chi connectivity index (χ1v) is 19.7. The molecule has 2 aliphatic heterocycles. The molecule has 2 N–H and O–H groups in total. The Balaban J connectivity index is 1.17. The number of aromatic hydroxyl groups is 1. The van der Waals surface area contributed by atoms with E-state index in [2.05, 4.69) is 10.4 Å². The summed E-state index contributed by atoms with van der Waals surface area (Å²) in [6.07, 6.45) is 1.81. The number of amides is 2. The van der Waals surface area contributed by atoms with Crippen molar-refractivity contribution in [2.45, 2.75) is 57.2 Å². The molecule has 15 nitrogen and oxygen atoms in total. The number of hydrogen-bond donors (Lipinski definition) is 2. The van der Waals surface area contributed by atoms with E-state index in [-0.39, 0.29) is 37.4 Å². The Bertz CT molecular complexity index is 2960. The van der Waals surface area contributed by atoms with Crippen LogP contribution >= 0.6 is 0 Å². The molecule has 1 aliphatic carbocycles. The number of carbonyl (C=O) groups excluding carboxylic acids is 2. The van der Waals surface area contributed by atoms with Crippen LogP contribution in [0.25, 0.3) is 11.0 Å². The lowest BCUT2D eigenvalue weighted by Crippen LogP contribution is -2.53. The summed E-state index contributed by atoms with van der Waals surface area (Å²) in [7, 11) is 4.61. The molecular weight excluding hydrogens is 767 g/mol. The minimum atomic E-state index is -1.55. The largest absolute Gasteiger partial charge is 0.507 e. The average Bonchev–Trinajstić information content (AvgIpc) is 3.63. The maximum atomic E-state index is 15.3. The Morgan fingerprint density at radius 1 is 0.883 bits per heavy atom. The summed E-state index contributed by atoms with van der Waals surface area (Å²) in [5.74, 6) is -2.12. The van der Waals surface area contributed by atoms with Crippen molar-refractivity contribution in [1.29, 1.82) is 0 Å². The van der Waals surface area contributed by atoms with Gasteiger partial charge in [0.15, 0.2) is 11.5 Å². The third kappa shape index (κ3) is 5.55. The summed E-state index contributed by atoms with van der Waals surface area (Å²) in [5.41, 5.74) is 4.79. The fourth-order valence-electron chi connectivity index (χ4n) is 9.60. The molecule has 9 rings (SSSR count). The summed E-state index contributed by atoms with van der Waals surface area (Å²) in [5, 5.41) is 12.9. The minimum Gasteiger partial charge on any atom is -0.507 e. The molecule has 1 saturated carbocycles. The van der Waals surface area contributed by atoms with Gasteiger partial charge < -0.3 is 19.1 Å². The van der Waals surface area contributed by atoms with E-state index in [9.17, 15) is 24.3 Å². The molecule has 4 unspecified atom stereocenters. The normalized spacial score (nSPS) is 20.7. The summed E-state index contributed by atoms with van der Waals surface area (Å²) in [6, 6.07) is 24.2. The van der Waals surface area contributed by atoms with Crippen LogP contribution in [0.15, 0.2) is 111 Å². The number of carbonyl (C=O) groups is 2. The fraction of sp³-hybridized carbons (Fsp3) is 0.289. The molecule has 0 radical (unpaired) electrons. The number of nitrogens with one attached hydrogen (secondary N) is 1. The van der Waals surface area contributed by atoms with Crippen molar-refractivity contribution >= 4 is 28.5 Å². The lowest BCUT2D eigenvalue weighted by atomic mass is 9.53. The number of benzene rings is 4. The van der Waals surface area contributed by atoms with Crippen molar-refractivity contribution < 1.29 is 24.2 Å². The number of aromatic nitrogens is 5. The number of methoxy groups -OCH3 is 2. The van der Waals surface area contributed by atoms with Gasteiger partial charge in [-0.25, -0.2) is 28.5 Å². The first kappa shape index (κ1) is 38.4. The van der Waals surface area contributed by atoms with E-state index in [1.165, 1.54) is 28.2 Å². The number of aryl methyl sites for hydroxylation is 4. The Kier molecular flexibility index (Phi) is 9.14. The predicted octanol–water partition coefficient (Wildman–Crippen LogP) is 4.26. The number of nitrogens with zero attached hydrogens (tertiary/aromatic N) is 6. The molecule has 2 fully saturated rings. The van der Waals surface area contributed by atoms with Gasteiger partial charge in [-0.3, -0.25) is 19.8 Å². The van der Waals surface area contributed by atoms with E-state index < -0.39 is 52.0 Å². The topological polar surface area (TPSA) is 172 Å². The van der Waals surface area contributed by atoms with E-state index in [4.69, 9.17) is 9.47 Å². The zero-order valence-electron chi connectivity index (χ0n) is 33.7. The van der Waals surface area contributed by atoms with Gasteiger partial charge in [0.25, 0.3) is 17.4 Å².